The molecule has 4 nitrogen and oxygen atoms in total. The molecule has 0 aliphatic rings. The van der Waals surface area contributed by atoms with E-state index in [1.807, 2.05) is 35.0 Å². The summed E-state index contributed by atoms with van der Waals surface area (Å²) in [4.78, 5) is 4.75. The van der Waals surface area contributed by atoms with Crippen LogP contribution < -0.4 is 0 Å². The number of nitrogens with zero attached hydrogens (tertiary/aromatic N) is 3. The summed E-state index contributed by atoms with van der Waals surface area (Å²) in [5.41, 5.74) is 1.82. The van der Waals surface area contributed by atoms with Gasteiger partial charge in [-0.05, 0) is 42.4 Å². The fourth-order valence-electron chi connectivity index (χ4n) is 2.37. The van der Waals surface area contributed by atoms with Crippen LogP contribution in [0.5, 0.6) is 0 Å². The van der Waals surface area contributed by atoms with E-state index in [0.29, 0.717) is 11.6 Å². The molecule has 0 amide bonds. The number of rotatable bonds is 4. The van der Waals surface area contributed by atoms with Crippen molar-refractivity contribution < 1.29 is 4.43 Å². The highest BCUT2D eigenvalue weighted by Crippen LogP contribution is 2.37. The number of fused-ring (bicyclic) bond motifs is 1. The molecule has 0 aliphatic carbocycles. The van der Waals surface area contributed by atoms with Crippen molar-refractivity contribution in [2.24, 2.45) is 0 Å². The van der Waals surface area contributed by atoms with Crippen molar-refractivity contribution in [1.82, 2.24) is 14.8 Å². The quantitative estimate of drug-likeness (QED) is 0.432. The van der Waals surface area contributed by atoms with Crippen LogP contribution in [0.25, 0.3) is 16.7 Å². The summed E-state index contributed by atoms with van der Waals surface area (Å²) in [6, 6.07) is 9.78. The zero-order chi connectivity index (χ0) is 19.1. The number of aromatic nitrogens is 3. The van der Waals surface area contributed by atoms with Crippen LogP contribution in [0.4, 0.5) is 0 Å². The second-order valence-electron chi connectivity index (χ2n) is 7.91. The maximum absolute atomic E-state index is 6.32. The number of benzene rings is 1. The summed E-state index contributed by atoms with van der Waals surface area (Å²) in [5.74, 6) is 0.755. The van der Waals surface area contributed by atoms with Crippen LogP contribution in [0.15, 0.2) is 41.0 Å². The average molecular weight is 453 g/mol. The van der Waals surface area contributed by atoms with Crippen molar-refractivity contribution in [3.63, 3.8) is 0 Å². The van der Waals surface area contributed by atoms with E-state index in [0.717, 1.165) is 26.9 Å². The number of hydrogen-bond donors (Lipinski definition) is 0. The first-order chi connectivity index (χ1) is 12.1. The Bertz CT molecular complexity index is 950. The van der Waals surface area contributed by atoms with E-state index in [-0.39, 0.29) is 5.04 Å². The molecule has 0 saturated carbocycles. The van der Waals surface area contributed by atoms with Crippen LogP contribution in [0, 0.1) is 0 Å². The van der Waals surface area contributed by atoms with Gasteiger partial charge in [0.1, 0.15) is 0 Å². The fraction of sp³-hybridized carbons (Fsp3) is 0.368. The molecule has 3 rings (SSSR count). The van der Waals surface area contributed by atoms with Gasteiger partial charge in [-0.25, -0.2) is 9.67 Å². The Labute approximate surface area is 168 Å². The van der Waals surface area contributed by atoms with E-state index in [1.165, 1.54) is 0 Å². The highest BCUT2D eigenvalue weighted by atomic mass is 79.9. The SMILES string of the molecule is CC(C)(C)[Si](C)(C)OCc1cccc(-n2ncc3c(Cl)cc(Br)cc32)n1. The van der Waals surface area contributed by atoms with Gasteiger partial charge in [0.25, 0.3) is 0 Å². The van der Waals surface area contributed by atoms with Gasteiger partial charge in [0.15, 0.2) is 14.1 Å². The van der Waals surface area contributed by atoms with E-state index in [4.69, 9.17) is 21.0 Å². The molecule has 1 aromatic carbocycles. The molecule has 2 heterocycles. The van der Waals surface area contributed by atoms with E-state index >= 15 is 0 Å². The minimum atomic E-state index is -1.82. The summed E-state index contributed by atoms with van der Waals surface area (Å²) in [7, 11) is -1.82. The van der Waals surface area contributed by atoms with Gasteiger partial charge >= 0.3 is 0 Å². The van der Waals surface area contributed by atoms with Crippen molar-refractivity contribution in [2.75, 3.05) is 0 Å². The lowest BCUT2D eigenvalue weighted by Crippen LogP contribution is -2.40. The fourth-order valence-corrected chi connectivity index (χ4v) is 4.15. The standard InChI is InChI=1S/C19H23BrClN3OSi/c1-19(2,3)26(4,5)25-12-14-7-6-8-18(23-14)24-17-10-13(20)9-16(21)15(17)11-22-24/h6-11H,12H2,1-5H3. The van der Waals surface area contributed by atoms with Gasteiger partial charge in [0.05, 0.1) is 29.0 Å². The molecule has 0 atom stereocenters. The number of pyridine rings is 1. The van der Waals surface area contributed by atoms with Gasteiger partial charge in [0, 0.05) is 9.86 Å². The molecule has 7 heteroatoms. The molecule has 26 heavy (non-hydrogen) atoms. The van der Waals surface area contributed by atoms with Crippen LogP contribution in [-0.2, 0) is 11.0 Å². The molecule has 0 bridgehead atoms. The lowest BCUT2D eigenvalue weighted by Gasteiger charge is -2.36. The highest BCUT2D eigenvalue weighted by Gasteiger charge is 2.37. The third-order valence-electron chi connectivity index (χ3n) is 5.00. The molecule has 0 spiro atoms. The van der Waals surface area contributed by atoms with Crippen molar-refractivity contribution in [1.29, 1.82) is 0 Å². The van der Waals surface area contributed by atoms with Gasteiger partial charge in [-0.15, -0.1) is 0 Å². The summed E-state index contributed by atoms with van der Waals surface area (Å²) < 4.78 is 9.01. The maximum atomic E-state index is 6.32. The molecule has 3 aromatic rings. The van der Waals surface area contributed by atoms with Crippen LogP contribution in [0.3, 0.4) is 0 Å². The summed E-state index contributed by atoms with van der Waals surface area (Å²) in [6.45, 7) is 11.7. The van der Waals surface area contributed by atoms with Crippen molar-refractivity contribution in [3.8, 4) is 5.82 Å². The normalized spacial score (nSPS) is 12.7. The lowest BCUT2D eigenvalue weighted by atomic mass is 10.2. The van der Waals surface area contributed by atoms with Crippen LogP contribution in [0.2, 0.25) is 23.2 Å². The Balaban J connectivity index is 1.91. The van der Waals surface area contributed by atoms with E-state index in [2.05, 4.69) is 54.9 Å². The smallest absolute Gasteiger partial charge is 0.192 e. The topological polar surface area (TPSA) is 39.9 Å². The van der Waals surface area contributed by atoms with Gasteiger partial charge in [-0.1, -0.05) is 54.4 Å². The van der Waals surface area contributed by atoms with Crippen LogP contribution in [-0.4, -0.2) is 23.1 Å². The van der Waals surface area contributed by atoms with Crippen molar-refractivity contribution >= 4 is 46.8 Å². The Morgan fingerprint density at radius 1 is 1.23 bits per heavy atom. The van der Waals surface area contributed by atoms with E-state index < -0.39 is 8.32 Å². The first kappa shape index (κ1) is 19.5. The lowest BCUT2D eigenvalue weighted by molar-refractivity contribution is 0.272. The number of hydrogen-bond acceptors (Lipinski definition) is 3. The highest BCUT2D eigenvalue weighted by molar-refractivity contribution is 9.10. The summed E-state index contributed by atoms with van der Waals surface area (Å²) in [6.07, 6.45) is 1.77. The third-order valence-corrected chi connectivity index (χ3v) is 10.2. The predicted molar refractivity (Wildman–Crippen MR) is 114 cm³/mol. The molecular formula is C19H23BrClN3OSi. The molecule has 0 N–H and O–H groups in total. The second kappa shape index (κ2) is 7.07. The minimum Gasteiger partial charge on any atom is -0.411 e. The zero-order valence-electron chi connectivity index (χ0n) is 15.7. The monoisotopic (exact) mass is 451 g/mol. The van der Waals surface area contributed by atoms with E-state index in [9.17, 15) is 0 Å². The summed E-state index contributed by atoms with van der Waals surface area (Å²) >= 11 is 9.81. The largest absolute Gasteiger partial charge is 0.411 e. The summed E-state index contributed by atoms with van der Waals surface area (Å²) in [5, 5.41) is 6.21. The molecule has 138 valence electrons. The zero-order valence-corrected chi connectivity index (χ0v) is 19.0. The Kier molecular flexibility index (Phi) is 5.32. The Hall–Kier alpha value is -1.21. The average Bonchev–Trinajstić information content (AvgIpc) is 2.96. The molecule has 0 saturated heterocycles. The van der Waals surface area contributed by atoms with Gasteiger partial charge in [-0.3, -0.25) is 0 Å². The molecule has 0 aliphatic heterocycles. The predicted octanol–water partition coefficient (Wildman–Crippen LogP) is 6.36. The first-order valence-electron chi connectivity index (χ1n) is 8.51. The second-order valence-corrected chi connectivity index (χ2v) is 14.0. The molecule has 0 unspecified atom stereocenters. The molecular weight excluding hydrogens is 430 g/mol. The minimum absolute atomic E-state index is 0.172. The molecule has 0 fully saturated rings. The van der Waals surface area contributed by atoms with Crippen LogP contribution >= 0.6 is 27.5 Å². The van der Waals surface area contributed by atoms with Crippen molar-refractivity contribution in [3.05, 3.63) is 51.7 Å². The first-order valence-corrected chi connectivity index (χ1v) is 12.6. The third kappa shape index (κ3) is 3.88. The maximum Gasteiger partial charge on any atom is 0.192 e. The Morgan fingerprint density at radius 3 is 2.65 bits per heavy atom. The van der Waals surface area contributed by atoms with Crippen LogP contribution in [0.1, 0.15) is 26.5 Å². The van der Waals surface area contributed by atoms with Gasteiger partial charge in [-0.2, -0.15) is 5.10 Å². The Morgan fingerprint density at radius 2 is 1.96 bits per heavy atom. The van der Waals surface area contributed by atoms with E-state index in [1.54, 1.807) is 6.20 Å². The van der Waals surface area contributed by atoms with Crippen molar-refractivity contribution in [2.45, 2.75) is 45.5 Å². The van der Waals surface area contributed by atoms with Gasteiger partial charge in [0.2, 0.25) is 0 Å². The molecule has 0 radical (unpaired) electrons. The molecule has 2 aromatic heterocycles. The van der Waals surface area contributed by atoms with Gasteiger partial charge < -0.3 is 4.43 Å². The number of halogens is 2.